The lowest BCUT2D eigenvalue weighted by Crippen LogP contribution is -2.14. The first kappa shape index (κ1) is 19.7. The van der Waals surface area contributed by atoms with Gasteiger partial charge in [-0.2, -0.15) is 0 Å². The van der Waals surface area contributed by atoms with Crippen LogP contribution in [0.15, 0.2) is 55.0 Å². The van der Waals surface area contributed by atoms with E-state index in [-0.39, 0.29) is 11.8 Å². The number of nitrogens with one attached hydrogen (secondary N) is 2. The summed E-state index contributed by atoms with van der Waals surface area (Å²) >= 11 is 10.1. The van der Waals surface area contributed by atoms with Crippen LogP contribution >= 0.6 is 45.5 Å². The zero-order chi connectivity index (χ0) is 20.7. The van der Waals surface area contributed by atoms with E-state index in [0.29, 0.717) is 10.8 Å². The number of hydrogen-bond donors (Lipinski definition) is 2. The summed E-state index contributed by atoms with van der Waals surface area (Å²) in [5.41, 5.74) is 3.20. The summed E-state index contributed by atoms with van der Waals surface area (Å²) in [6.45, 7) is 0. The van der Waals surface area contributed by atoms with Crippen LogP contribution in [0.3, 0.4) is 0 Å². The Hall–Kier alpha value is -2.23. The van der Waals surface area contributed by atoms with Gasteiger partial charge in [0.1, 0.15) is 11.6 Å². The third-order valence-corrected chi connectivity index (χ3v) is 7.23. The van der Waals surface area contributed by atoms with Gasteiger partial charge in [0.15, 0.2) is 0 Å². The predicted octanol–water partition coefficient (Wildman–Crippen LogP) is 6.47. The maximum atomic E-state index is 12.1. The number of carbonyl (C=O) groups is 1. The number of anilines is 1. The van der Waals surface area contributed by atoms with Gasteiger partial charge < -0.3 is 10.3 Å². The Morgan fingerprint density at radius 3 is 2.73 bits per heavy atom. The topological polar surface area (TPSA) is 70.7 Å². The second-order valence-electron chi connectivity index (χ2n) is 7.11. The number of amides is 1. The van der Waals surface area contributed by atoms with Crippen molar-refractivity contribution in [3.8, 4) is 32.3 Å². The molecule has 0 unspecified atom stereocenters. The number of halogens is 2. The number of nitrogens with zero attached hydrogens (tertiary/aromatic N) is 2. The maximum absolute atomic E-state index is 12.1. The Balaban J connectivity index is 1.57. The highest BCUT2D eigenvalue weighted by molar-refractivity contribution is 14.1. The summed E-state index contributed by atoms with van der Waals surface area (Å²) in [4.78, 5) is 26.2. The summed E-state index contributed by atoms with van der Waals surface area (Å²) in [5.74, 6) is 1.60. The Morgan fingerprint density at radius 1 is 1.13 bits per heavy atom. The van der Waals surface area contributed by atoms with Gasteiger partial charge in [-0.05, 0) is 76.9 Å². The molecule has 0 spiro atoms. The van der Waals surface area contributed by atoms with E-state index in [2.05, 4.69) is 48.9 Å². The van der Waals surface area contributed by atoms with Crippen LogP contribution in [0.25, 0.3) is 32.3 Å². The minimum atomic E-state index is 0.0542. The van der Waals surface area contributed by atoms with Gasteiger partial charge in [0.2, 0.25) is 5.91 Å². The molecular formula is C22H16ClIN4OS. The molecule has 5 rings (SSSR count). The minimum Gasteiger partial charge on any atom is -0.344 e. The maximum Gasteiger partial charge on any atom is 0.228 e. The summed E-state index contributed by atoms with van der Waals surface area (Å²) in [7, 11) is 0. The fraction of sp³-hybridized carbons (Fsp3) is 0.136. The first-order valence-corrected chi connectivity index (χ1v) is 11.7. The number of pyridine rings is 1. The number of aromatic nitrogens is 3. The molecule has 1 aromatic carbocycles. The van der Waals surface area contributed by atoms with Crippen LogP contribution < -0.4 is 5.32 Å². The molecule has 3 heterocycles. The van der Waals surface area contributed by atoms with E-state index in [1.54, 1.807) is 23.7 Å². The van der Waals surface area contributed by atoms with Crippen molar-refractivity contribution < 1.29 is 4.79 Å². The number of aromatic amines is 1. The fourth-order valence-electron chi connectivity index (χ4n) is 3.23. The van der Waals surface area contributed by atoms with Crippen LogP contribution in [0.4, 0.5) is 5.82 Å². The Kier molecular flexibility index (Phi) is 5.34. The molecule has 0 atom stereocenters. The number of thiophene rings is 1. The summed E-state index contributed by atoms with van der Waals surface area (Å²) < 4.78 is 1.07. The molecule has 0 saturated heterocycles. The van der Waals surface area contributed by atoms with Crippen molar-refractivity contribution >= 4 is 57.3 Å². The monoisotopic (exact) mass is 546 g/mol. The van der Waals surface area contributed by atoms with Gasteiger partial charge in [-0.25, -0.2) is 9.97 Å². The van der Waals surface area contributed by atoms with Crippen LogP contribution in [0.1, 0.15) is 12.8 Å². The average molecular weight is 547 g/mol. The van der Waals surface area contributed by atoms with Crippen molar-refractivity contribution in [3.63, 3.8) is 0 Å². The third kappa shape index (κ3) is 4.01. The number of imidazole rings is 1. The molecule has 150 valence electrons. The molecule has 1 fully saturated rings. The van der Waals surface area contributed by atoms with Gasteiger partial charge in [0.05, 0.1) is 4.88 Å². The van der Waals surface area contributed by atoms with E-state index in [1.165, 1.54) is 0 Å². The molecule has 30 heavy (non-hydrogen) atoms. The third-order valence-electron chi connectivity index (χ3n) is 4.91. The smallest absolute Gasteiger partial charge is 0.228 e. The van der Waals surface area contributed by atoms with Crippen molar-refractivity contribution in [1.29, 1.82) is 0 Å². The van der Waals surface area contributed by atoms with E-state index in [0.717, 1.165) is 48.7 Å². The Bertz CT molecular complexity index is 1230. The molecule has 0 radical (unpaired) electrons. The second kappa shape index (κ2) is 8.13. The van der Waals surface area contributed by atoms with Crippen LogP contribution in [-0.4, -0.2) is 20.9 Å². The van der Waals surface area contributed by atoms with Crippen LogP contribution in [0, 0.1) is 9.49 Å². The first-order chi connectivity index (χ1) is 14.6. The first-order valence-electron chi connectivity index (χ1n) is 9.45. The van der Waals surface area contributed by atoms with E-state index in [4.69, 9.17) is 11.6 Å². The summed E-state index contributed by atoms with van der Waals surface area (Å²) in [5, 5.41) is 3.64. The standard InChI is InChI=1S/C22H16ClIN4OS/c23-14-3-4-15(17(24)10-14)16-11-18(30-20(16)21-26-7-8-27-21)13-5-6-25-19(9-13)28-22(29)12-1-2-12/h3-12H,1-2H2,(H,26,27)(H,25,28,29). The molecular weight excluding hydrogens is 531 g/mol. The molecule has 5 nitrogen and oxygen atoms in total. The molecule has 0 bridgehead atoms. The van der Waals surface area contributed by atoms with E-state index in [1.807, 2.05) is 36.5 Å². The molecule has 3 aromatic heterocycles. The Labute approximate surface area is 196 Å². The highest BCUT2D eigenvalue weighted by atomic mass is 127. The SMILES string of the molecule is O=C(Nc1cc(-c2cc(-c3ccc(Cl)cc3I)c(-c3ncc[nH]3)s2)ccn1)C1CC1. The number of benzene rings is 1. The number of hydrogen-bond acceptors (Lipinski definition) is 4. The van der Waals surface area contributed by atoms with Gasteiger partial charge in [0, 0.05) is 43.5 Å². The van der Waals surface area contributed by atoms with Gasteiger partial charge in [0.25, 0.3) is 0 Å². The van der Waals surface area contributed by atoms with Gasteiger partial charge in [-0.3, -0.25) is 4.79 Å². The largest absolute Gasteiger partial charge is 0.344 e. The minimum absolute atomic E-state index is 0.0542. The van der Waals surface area contributed by atoms with E-state index in [9.17, 15) is 4.79 Å². The van der Waals surface area contributed by atoms with Gasteiger partial charge in [-0.1, -0.05) is 17.7 Å². The second-order valence-corrected chi connectivity index (χ2v) is 9.76. The average Bonchev–Trinajstić information content (AvgIpc) is 3.27. The lowest BCUT2D eigenvalue weighted by molar-refractivity contribution is -0.117. The van der Waals surface area contributed by atoms with Crippen molar-refractivity contribution in [2.45, 2.75) is 12.8 Å². The zero-order valence-electron chi connectivity index (χ0n) is 15.7. The molecule has 1 saturated carbocycles. The normalized spacial score (nSPS) is 13.4. The van der Waals surface area contributed by atoms with Crippen molar-refractivity contribution in [2.75, 3.05) is 5.32 Å². The molecule has 1 aliphatic rings. The fourth-order valence-corrected chi connectivity index (χ4v) is 5.52. The van der Waals surface area contributed by atoms with Crippen molar-refractivity contribution in [2.24, 2.45) is 5.92 Å². The Morgan fingerprint density at radius 2 is 2.00 bits per heavy atom. The van der Waals surface area contributed by atoms with Crippen molar-refractivity contribution in [3.05, 3.63) is 63.6 Å². The van der Waals surface area contributed by atoms with Crippen LogP contribution in [0.5, 0.6) is 0 Å². The lowest BCUT2D eigenvalue weighted by atomic mass is 10.0. The van der Waals surface area contributed by atoms with E-state index < -0.39 is 0 Å². The van der Waals surface area contributed by atoms with E-state index >= 15 is 0 Å². The van der Waals surface area contributed by atoms with Crippen LogP contribution in [0.2, 0.25) is 5.02 Å². The number of rotatable bonds is 5. The number of H-pyrrole nitrogens is 1. The quantitative estimate of drug-likeness (QED) is 0.282. The predicted molar refractivity (Wildman–Crippen MR) is 130 cm³/mol. The molecule has 1 amide bonds. The summed E-state index contributed by atoms with van der Waals surface area (Å²) in [6, 6.07) is 11.9. The van der Waals surface area contributed by atoms with Crippen LogP contribution in [-0.2, 0) is 4.79 Å². The zero-order valence-corrected chi connectivity index (χ0v) is 19.4. The molecule has 0 aliphatic heterocycles. The molecule has 4 aromatic rings. The van der Waals surface area contributed by atoms with Gasteiger partial charge in [-0.15, -0.1) is 11.3 Å². The molecule has 2 N–H and O–H groups in total. The van der Waals surface area contributed by atoms with Crippen molar-refractivity contribution in [1.82, 2.24) is 15.0 Å². The van der Waals surface area contributed by atoms with Gasteiger partial charge >= 0.3 is 0 Å². The highest BCUT2D eigenvalue weighted by Crippen LogP contribution is 2.44. The molecule has 1 aliphatic carbocycles. The highest BCUT2D eigenvalue weighted by Gasteiger charge is 2.29. The summed E-state index contributed by atoms with van der Waals surface area (Å²) in [6.07, 6.45) is 7.24. The molecule has 8 heteroatoms. The number of carbonyl (C=O) groups excluding carboxylic acids is 1. The lowest BCUT2D eigenvalue weighted by Gasteiger charge is -2.05.